The number of carbonyl (C=O) groups excluding carboxylic acids is 1. The van der Waals surface area contributed by atoms with E-state index in [4.69, 9.17) is 5.73 Å². The molecule has 1 heterocycles. The molecule has 0 aliphatic carbocycles. The topological polar surface area (TPSA) is 77.1 Å². The number of amides is 1. The highest BCUT2D eigenvalue weighted by Gasteiger charge is 2.26. The number of rotatable bonds is 5. The largest absolute Gasteiger partial charge is 0.345 e. The summed E-state index contributed by atoms with van der Waals surface area (Å²) in [4.78, 5) is 23.6. The van der Waals surface area contributed by atoms with Gasteiger partial charge in [-0.1, -0.05) is 13.8 Å². The first-order valence-corrected chi connectivity index (χ1v) is 6.17. The Balaban J connectivity index is 0.00000324. The standard InChI is InChI=1S/C13H21N3O2.ClH/c1-4-13(5-2,9-14)15-12(18)10-6-7-16(3)11(17)8-10;/h6-8H,4-5,9,14H2,1-3H3,(H,15,18);1H. The Morgan fingerprint density at radius 1 is 1.42 bits per heavy atom. The summed E-state index contributed by atoms with van der Waals surface area (Å²) in [6.07, 6.45) is 3.10. The van der Waals surface area contributed by atoms with Crippen LogP contribution in [0.25, 0.3) is 0 Å². The molecule has 0 aliphatic heterocycles. The molecule has 0 radical (unpaired) electrons. The molecular formula is C13H22ClN3O2. The fraction of sp³-hybridized carbons (Fsp3) is 0.538. The molecule has 0 bridgehead atoms. The zero-order valence-corrected chi connectivity index (χ0v) is 12.4. The van der Waals surface area contributed by atoms with E-state index in [0.29, 0.717) is 12.1 Å². The van der Waals surface area contributed by atoms with E-state index in [-0.39, 0.29) is 23.9 Å². The predicted octanol–water partition coefficient (Wildman–Crippen LogP) is 1.05. The molecule has 1 aromatic heterocycles. The number of aromatic nitrogens is 1. The summed E-state index contributed by atoms with van der Waals surface area (Å²) >= 11 is 0. The molecule has 0 spiro atoms. The van der Waals surface area contributed by atoms with E-state index in [1.807, 2.05) is 13.8 Å². The van der Waals surface area contributed by atoms with Gasteiger partial charge in [-0.25, -0.2) is 0 Å². The van der Waals surface area contributed by atoms with Crippen LogP contribution in [0.15, 0.2) is 23.1 Å². The molecule has 0 aromatic carbocycles. The average Bonchev–Trinajstić information content (AvgIpc) is 2.39. The van der Waals surface area contributed by atoms with Crippen LogP contribution in [-0.4, -0.2) is 22.6 Å². The summed E-state index contributed by atoms with van der Waals surface area (Å²) in [5, 5.41) is 2.93. The molecule has 6 heteroatoms. The number of carbonyl (C=O) groups is 1. The van der Waals surface area contributed by atoms with Crippen LogP contribution in [0.1, 0.15) is 37.0 Å². The molecule has 0 aliphatic rings. The lowest BCUT2D eigenvalue weighted by Crippen LogP contribution is -2.53. The molecule has 19 heavy (non-hydrogen) atoms. The van der Waals surface area contributed by atoms with Gasteiger partial charge in [0.15, 0.2) is 0 Å². The zero-order valence-electron chi connectivity index (χ0n) is 11.6. The molecule has 3 N–H and O–H groups in total. The number of hydrogen-bond donors (Lipinski definition) is 2. The highest BCUT2D eigenvalue weighted by Crippen LogP contribution is 2.14. The first-order chi connectivity index (χ1) is 8.48. The Labute approximate surface area is 119 Å². The number of nitrogens with two attached hydrogens (primary N) is 1. The Morgan fingerprint density at radius 2 is 2.00 bits per heavy atom. The molecular weight excluding hydrogens is 266 g/mol. The number of halogens is 1. The maximum atomic E-state index is 12.1. The quantitative estimate of drug-likeness (QED) is 0.850. The molecule has 0 saturated heterocycles. The number of pyridine rings is 1. The minimum Gasteiger partial charge on any atom is -0.345 e. The highest BCUT2D eigenvalue weighted by atomic mass is 35.5. The summed E-state index contributed by atoms with van der Waals surface area (Å²) in [6.45, 7) is 4.36. The fourth-order valence-corrected chi connectivity index (χ4v) is 1.77. The smallest absolute Gasteiger partial charge is 0.252 e. The van der Waals surface area contributed by atoms with Crippen molar-refractivity contribution < 1.29 is 4.79 Å². The predicted molar refractivity (Wildman–Crippen MR) is 78.8 cm³/mol. The van der Waals surface area contributed by atoms with Crippen LogP contribution in [-0.2, 0) is 7.05 Å². The maximum absolute atomic E-state index is 12.1. The third-order valence-corrected chi connectivity index (χ3v) is 3.49. The van der Waals surface area contributed by atoms with Crippen molar-refractivity contribution in [3.63, 3.8) is 0 Å². The minimum absolute atomic E-state index is 0. The van der Waals surface area contributed by atoms with Gasteiger partial charge in [-0.15, -0.1) is 12.4 Å². The number of nitrogens with zero attached hydrogens (tertiary/aromatic N) is 1. The molecule has 0 fully saturated rings. The monoisotopic (exact) mass is 287 g/mol. The Morgan fingerprint density at radius 3 is 2.42 bits per heavy atom. The fourth-order valence-electron chi connectivity index (χ4n) is 1.77. The van der Waals surface area contributed by atoms with Crippen molar-refractivity contribution in [2.75, 3.05) is 6.54 Å². The molecule has 1 amide bonds. The van der Waals surface area contributed by atoms with E-state index >= 15 is 0 Å². The van der Waals surface area contributed by atoms with Crippen LogP contribution in [0.5, 0.6) is 0 Å². The lowest BCUT2D eigenvalue weighted by molar-refractivity contribution is 0.0895. The van der Waals surface area contributed by atoms with Gasteiger partial charge < -0.3 is 15.6 Å². The summed E-state index contributed by atoms with van der Waals surface area (Å²) < 4.78 is 1.42. The van der Waals surface area contributed by atoms with Crippen molar-refractivity contribution >= 4 is 18.3 Å². The van der Waals surface area contributed by atoms with Crippen LogP contribution in [0.4, 0.5) is 0 Å². The van der Waals surface area contributed by atoms with Crippen LogP contribution in [0.3, 0.4) is 0 Å². The van der Waals surface area contributed by atoms with Gasteiger partial charge in [0.05, 0.1) is 5.54 Å². The highest BCUT2D eigenvalue weighted by molar-refractivity contribution is 5.94. The van der Waals surface area contributed by atoms with E-state index in [2.05, 4.69) is 5.32 Å². The van der Waals surface area contributed by atoms with Gasteiger partial charge in [-0.05, 0) is 18.9 Å². The zero-order chi connectivity index (χ0) is 13.8. The Bertz CT molecular complexity index is 473. The van der Waals surface area contributed by atoms with E-state index < -0.39 is 5.54 Å². The molecule has 0 atom stereocenters. The summed E-state index contributed by atoms with van der Waals surface area (Å²) in [6, 6.07) is 2.96. The van der Waals surface area contributed by atoms with Crippen molar-refractivity contribution in [3.05, 3.63) is 34.2 Å². The Kier molecular flexibility index (Phi) is 6.79. The summed E-state index contributed by atoms with van der Waals surface area (Å²) in [5.41, 5.74) is 5.51. The van der Waals surface area contributed by atoms with Crippen LogP contribution >= 0.6 is 12.4 Å². The van der Waals surface area contributed by atoms with E-state index in [1.54, 1.807) is 19.3 Å². The summed E-state index contributed by atoms with van der Waals surface area (Å²) in [7, 11) is 1.65. The van der Waals surface area contributed by atoms with Gasteiger partial charge in [0.1, 0.15) is 0 Å². The average molecular weight is 288 g/mol. The van der Waals surface area contributed by atoms with Gasteiger partial charge in [0.2, 0.25) is 0 Å². The van der Waals surface area contributed by atoms with Crippen molar-refractivity contribution in [2.24, 2.45) is 12.8 Å². The second kappa shape index (κ2) is 7.31. The second-order valence-electron chi connectivity index (χ2n) is 4.51. The molecule has 1 rings (SSSR count). The third kappa shape index (κ3) is 4.08. The van der Waals surface area contributed by atoms with Gasteiger partial charge in [0.25, 0.3) is 11.5 Å². The molecule has 0 unspecified atom stereocenters. The molecule has 108 valence electrons. The summed E-state index contributed by atoms with van der Waals surface area (Å²) in [5.74, 6) is -0.248. The first kappa shape index (κ1) is 17.7. The molecule has 0 saturated carbocycles. The van der Waals surface area contributed by atoms with E-state index in [1.165, 1.54) is 10.6 Å². The van der Waals surface area contributed by atoms with Crippen LogP contribution < -0.4 is 16.6 Å². The van der Waals surface area contributed by atoms with Crippen molar-refractivity contribution in [2.45, 2.75) is 32.2 Å². The SMILES string of the molecule is CCC(CC)(CN)NC(=O)c1ccn(C)c(=O)c1.Cl. The second-order valence-corrected chi connectivity index (χ2v) is 4.51. The van der Waals surface area contributed by atoms with Gasteiger partial charge in [0, 0.05) is 31.4 Å². The van der Waals surface area contributed by atoms with Gasteiger partial charge in [-0.2, -0.15) is 0 Å². The molecule has 1 aromatic rings. The van der Waals surface area contributed by atoms with Crippen molar-refractivity contribution in [1.82, 2.24) is 9.88 Å². The molecule has 5 nitrogen and oxygen atoms in total. The lowest BCUT2D eigenvalue weighted by atomic mass is 9.92. The Hall–Kier alpha value is -1.33. The van der Waals surface area contributed by atoms with Crippen molar-refractivity contribution in [3.8, 4) is 0 Å². The number of nitrogens with one attached hydrogen (secondary N) is 1. The number of hydrogen-bond acceptors (Lipinski definition) is 3. The van der Waals surface area contributed by atoms with Gasteiger partial charge in [-0.3, -0.25) is 9.59 Å². The van der Waals surface area contributed by atoms with Crippen molar-refractivity contribution in [1.29, 1.82) is 0 Å². The first-order valence-electron chi connectivity index (χ1n) is 6.17. The van der Waals surface area contributed by atoms with E-state index in [0.717, 1.165) is 12.8 Å². The minimum atomic E-state index is -0.391. The van der Waals surface area contributed by atoms with Crippen LogP contribution in [0.2, 0.25) is 0 Å². The van der Waals surface area contributed by atoms with Gasteiger partial charge >= 0.3 is 0 Å². The maximum Gasteiger partial charge on any atom is 0.252 e. The number of aryl methyl sites for hydroxylation is 1. The lowest BCUT2D eigenvalue weighted by Gasteiger charge is -2.31. The third-order valence-electron chi connectivity index (χ3n) is 3.49. The van der Waals surface area contributed by atoms with Crippen LogP contribution in [0, 0.1) is 0 Å². The van der Waals surface area contributed by atoms with E-state index in [9.17, 15) is 9.59 Å². The normalized spacial score (nSPS) is 10.7.